The van der Waals surface area contributed by atoms with Crippen LogP contribution in [0.2, 0.25) is 0 Å². The third kappa shape index (κ3) is 5.96. The maximum Gasteiger partial charge on any atom is 0.160 e. The van der Waals surface area contributed by atoms with Crippen molar-refractivity contribution in [2.45, 2.75) is 0 Å². The minimum Gasteiger partial charge on any atom is -0.456 e. The Morgan fingerprint density at radius 3 is 1.72 bits per heavy atom. The molecular formula is C57H35N3O. The van der Waals surface area contributed by atoms with Crippen LogP contribution < -0.4 is 0 Å². The fourth-order valence-electron chi connectivity index (χ4n) is 8.98. The molecule has 0 amide bonds. The summed E-state index contributed by atoms with van der Waals surface area (Å²) in [5.74, 6) is 0.689. The van der Waals surface area contributed by atoms with Gasteiger partial charge in [0.05, 0.1) is 22.6 Å². The summed E-state index contributed by atoms with van der Waals surface area (Å²) >= 11 is 0. The standard InChI is InChI=1S/C57H35N3O/c1-3-14-36(15-4-1)37-26-32-41(33-27-37)56-47-34-52-55(46-22-10-12-25-51(46)61-52)53(54(47)45-21-9-11-24-48(45)58-56)40-30-28-39(29-31-40)49-35-50(60-57(59-49)42-17-5-2-6-18-42)44-23-13-19-38-16-7-8-20-43(38)44/h1-35H. The molecule has 61 heavy (non-hydrogen) atoms. The monoisotopic (exact) mass is 777 g/mol. The number of fused-ring (bicyclic) bond motifs is 7. The molecule has 284 valence electrons. The van der Waals surface area contributed by atoms with E-state index in [4.69, 9.17) is 19.4 Å². The molecule has 0 fully saturated rings. The molecular weight excluding hydrogens is 743 g/mol. The van der Waals surface area contributed by atoms with E-state index >= 15 is 0 Å². The van der Waals surface area contributed by atoms with Crippen LogP contribution in [0, 0.1) is 0 Å². The first-order valence-corrected chi connectivity index (χ1v) is 20.6. The SMILES string of the molecule is c1ccc(-c2ccc(-c3nc4ccccc4c4c(-c5ccc(-c6cc(-c7cccc8ccccc78)nc(-c7ccccc7)n6)cc5)c5c(cc34)oc3ccccc35)cc2)cc1. The van der Waals surface area contributed by atoms with Gasteiger partial charge in [0, 0.05) is 54.7 Å². The molecule has 4 nitrogen and oxygen atoms in total. The number of hydrogen-bond donors (Lipinski definition) is 0. The third-order valence-electron chi connectivity index (χ3n) is 11.9. The number of pyridine rings is 1. The molecule has 3 aromatic heterocycles. The van der Waals surface area contributed by atoms with Gasteiger partial charge in [-0.1, -0.05) is 188 Å². The number of nitrogens with zero attached hydrogens (tertiary/aromatic N) is 3. The lowest BCUT2D eigenvalue weighted by Gasteiger charge is -2.16. The minimum atomic E-state index is 0.689. The van der Waals surface area contributed by atoms with E-state index in [1.165, 1.54) is 16.5 Å². The molecule has 0 aliphatic heterocycles. The van der Waals surface area contributed by atoms with E-state index in [-0.39, 0.29) is 0 Å². The third-order valence-corrected chi connectivity index (χ3v) is 11.9. The van der Waals surface area contributed by atoms with Crippen LogP contribution in [0.3, 0.4) is 0 Å². The summed E-state index contributed by atoms with van der Waals surface area (Å²) in [4.78, 5) is 15.7. The van der Waals surface area contributed by atoms with Crippen molar-refractivity contribution >= 4 is 54.4 Å². The highest BCUT2D eigenvalue weighted by molar-refractivity contribution is 6.27. The normalized spacial score (nSPS) is 11.6. The number of benzene rings is 9. The summed E-state index contributed by atoms with van der Waals surface area (Å²) in [5.41, 5.74) is 13.9. The quantitative estimate of drug-likeness (QED) is 0.158. The van der Waals surface area contributed by atoms with E-state index in [9.17, 15) is 0 Å². The Hall–Kier alpha value is -8.21. The highest BCUT2D eigenvalue weighted by Gasteiger charge is 2.22. The van der Waals surface area contributed by atoms with Gasteiger partial charge >= 0.3 is 0 Å². The second-order valence-electron chi connectivity index (χ2n) is 15.5. The van der Waals surface area contributed by atoms with Crippen LogP contribution in [0.4, 0.5) is 0 Å². The minimum absolute atomic E-state index is 0.689. The highest BCUT2D eigenvalue weighted by Crippen LogP contribution is 2.47. The first-order chi connectivity index (χ1) is 30.2. The van der Waals surface area contributed by atoms with Gasteiger partial charge in [-0.2, -0.15) is 0 Å². The topological polar surface area (TPSA) is 51.8 Å². The largest absolute Gasteiger partial charge is 0.456 e. The molecule has 0 saturated heterocycles. The second kappa shape index (κ2) is 14.3. The van der Waals surface area contributed by atoms with E-state index < -0.39 is 0 Å². The van der Waals surface area contributed by atoms with Crippen LogP contribution in [0.25, 0.3) is 122 Å². The van der Waals surface area contributed by atoms with Gasteiger partial charge in [-0.25, -0.2) is 15.0 Å². The van der Waals surface area contributed by atoms with E-state index in [0.717, 1.165) is 99.5 Å². The first kappa shape index (κ1) is 34.8. The summed E-state index contributed by atoms with van der Waals surface area (Å²) < 4.78 is 6.69. The molecule has 0 unspecified atom stereocenters. The summed E-state index contributed by atoms with van der Waals surface area (Å²) in [5, 5.41) is 7.78. The Bertz CT molecular complexity index is 3610. The van der Waals surface area contributed by atoms with Gasteiger partial charge in [0.15, 0.2) is 5.82 Å². The average molecular weight is 778 g/mol. The van der Waals surface area contributed by atoms with Crippen molar-refractivity contribution in [3.05, 3.63) is 212 Å². The van der Waals surface area contributed by atoms with Crippen LogP contribution in [-0.2, 0) is 0 Å². The molecule has 0 atom stereocenters. The van der Waals surface area contributed by atoms with E-state index in [1.54, 1.807) is 0 Å². The molecule has 0 aliphatic rings. The number of aromatic nitrogens is 3. The molecule has 3 heterocycles. The van der Waals surface area contributed by atoms with Crippen molar-refractivity contribution < 1.29 is 4.42 Å². The van der Waals surface area contributed by atoms with Crippen molar-refractivity contribution in [3.63, 3.8) is 0 Å². The second-order valence-corrected chi connectivity index (χ2v) is 15.5. The van der Waals surface area contributed by atoms with Gasteiger partial charge in [-0.05, 0) is 51.7 Å². The van der Waals surface area contributed by atoms with E-state index in [2.05, 4.69) is 182 Å². The predicted octanol–water partition coefficient (Wildman–Crippen LogP) is 15.2. The van der Waals surface area contributed by atoms with Gasteiger partial charge in [-0.15, -0.1) is 0 Å². The molecule has 0 bridgehead atoms. The summed E-state index contributed by atoms with van der Waals surface area (Å²) in [6.07, 6.45) is 0. The predicted molar refractivity (Wildman–Crippen MR) is 252 cm³/mol. The first-order valence-electron chi connectivity index (χ1n) is 20.6. The fourth-order valence-corrected chi connectivity index (χ4v) is 8.98. The van der Waals surface area contributed by atoms with Crippen LogP contribution >= 0.6 is 0 Å². The lowest BCUT2D eigenvalue weighted by atomic mass is 9.89. The Kier molecular flexibility index (Phi) is 8.13. The van der Waals surface area contributed by atoms with Crippen LogP contribution in [0.1, 0.15) is 0 Å². The Labute approximate surface area is 352 Å². The summed E-state index contributed by atoms with van der Waals surface area (Å²) in [6, 6.07) is 74.4. The van der Waals surface area contributed by atoms with Gasteiger partial charge in [-0.3, -0.25) is 0 Å². The molecule has 12 rings (SSSR count). The number of para-hydroxylation sites is 2. The van der Waals surface area contributed by atoms with Gasteiger partial charge in [0.25, 0.3) is 0 Å². The molecule has 0 radical (unpaired) electrons. The maximum absolute atomic E-state index is 6.69. The van der Waals surface area contributed by atoms with E-state index in [0.29, 0.717) is 5.82 Å². The van der Waals surface area contributed by atoms with Crippen LogP contribution in [-0.4, -0.2) is 15.0 Å². The van der Waals surface area contributed by atoms with Gasteiger partial charge in [0.2, 0.25) is 0 Å². The number of furan rings is 1. The van der Waals surface area contributed by atoms with Crippen LogP contribution in [0.5, 0.6) is 0 Å². The van der Waals surface area contributed by atoms with Crippen molar-refractivity contribution in [1.29, 1.82) is 0 Å². The van der Waals surface area contributed by atoms with Crippen LogP contribution in [0.15, 0.2) is 217 Å². The molecule has 9 aromatic carbocycles. The van der Waals surface area contributed by atoms with Crippen molar-refractivity contribution in [2.24, 2.45) is 0 Å². The smallest absolute Gasteiger partial charge is 0.160 e. The lowest BCUT2D eigenvalue weighted by molar-refractivity contribution is 0.669. The zero-order valence-corrected chi connectivity index (χ0v) is 33.0. The summed E-state index contributed by atoms with van der Waals surface area (Å²) in [7, 11) is 0. The lowest BCUT2D eigenvalue weighted by Crippen LogP contribution is -1.96. The average Bonchev–Trinajstić information content (AvgIpc) is 3.71. The Balaban J connectivity index is 1.08. The van der Waals surface area contributed by atoms with E-state index in [1.807, 2.05) is 30.3 Å². The van der Waals surface area contributed by atoms with Crippen molar-refractivity contribution in [2.75, 3.05) is 0 Å². The summed E-state index contributed by atoms with van der Waals surface area (Å²) in [6.45, 7) is 0. The molecule has 0 saturated carbocycles. The molecule has 0 aliphatic carbocycles. The van der Waals surface area contributed by atoms with Crippen molar-refractivity contribution in [3.8, 4) is 67.4 Å². The van der Waals surface area contributed by atoms with Crippen molar-refractivity contribution in [1.82, 2.24) is 15.0 Å². The number of hydrogen-bond acceptors (Lipinski definition) is 4. The Morgan fingerprint density at radius 1 is 0.328 bits per heavy atom. The zero-order valence-electron chi connectivity index (χ0n) is 33.0. The fraction of sp³-hybridized carbons (Fsp3) is 0. The highest BCUT2D eigenvalue weighted by atomic mass is 16.3. The Morgan fingerprint density at radius 2 is 0.918 bits per heavy atom. The molecule has 4 heteroatoms. The number of rotatable bonds is 6. The molecule has 12 aromatic rings. The molecule has 0 spiro atoms. The van der Waals surface area contributed by atoms with Gasteiger partial charge < -0.3 is 4.42 Å². The van der Waals surface area contributed by atoms with Gasteiger partial charge in [0.1, 0.15) is 11.2 Å². The molecule has 0 N–H and O–H groups in total. The zero-order chi connectivity index (χ0) is 40.3. The maximum atomic E-state index is 6.69.